The minimum absolute atomic E-state index is 0.127. The van der Waals surface area contributed by atoms with Gasteiger partial charge in [0.2, 0.25) is 5.91 Å². The first-order valence-corrected chi connectivity index (χ1v) is 8.37. The summed E-state index contributed by atoms with van der Waals surface area (Å²) in [6.07, 6.45) is 3.33. The zero-order valence-corrected chi connectivity index (χ0v) is 13.8. The topological polar surface area (TPSA) is 74.7 Å². The highest BCUT2D eigenvalue weighted by Gasteiger charge is 2.58. The maximum atomic E-state index is 13.0. The van der Waals surface area contributed by atoms with Crippen LogP contribution >= 0.6 is 0 Å². The molecule has 0 saturated carbocycles. The number of carboxylic acid groups (broad SMARTS) is 1. The Morgan fingerprint density at radius 3 is 2.38 bits per heavy atom. The molecule has 1 aliphatic carbocycles. The van der Waals surface area contributed by atoms with Crippen LogP contribution in [0.2, 0.25) is 0 Å². The first kappa shape index (κ1) is 16.4. The molecule has 1 saturated heterocycles. The van der Waals surface area contributed by atoms with Crippen LogP contribution in [0.1, 0.15) is 37.0 Å². The van der Waals surface area contributed by atoms with Gasteiger partial charge >= 0.3 is 5.97 Å². The fraction of sp³-hybridized carbons (Fsp3) is 0.421. The highest BCUT2D eigenvalue weighted by atomic mass is 16.4. The van der Waals surface area contributed by atoms with Crippen molar-refractivity contribution in [2.24, 2.45) is 17.8 Å². The van der Waals surface area contributed by atoms with Crippen LogP contribution < -0.4 is 0 Å². The summed E-state index contributed by atoms with van der Waals surface area (Å²) in [7, 11) is 0. The third-order valence-corrected chi connectivity index (χ3v) is 5.20. The van der Waals surface area contributed by atoms with Crippen molar-refractivity contribution >= 4 is 17.8 Å². The Hall–Kier alpha value is -2.43. The second kappa shape index (κ2) is 6.23. The number of carbonyl (C=O) groups excluding carboxylic acids is 2. The number of benzene rings is 1. The first-order valence-electron chi connectivity index (χ1n) is 8.37. The molecule has 5 heteroatoms. The van der Waals surface area contributed by atoms with Crippen molar-refractivity contribution < 1.29 is 19.5 Å². The molecule has 24 heavy (non-hydrogen) atoms. The molecule has 5 nitrogen and oxygen atoms in total. The van der Waals surface area contributed by atoms with Gasteiger partial charge in [0, 0.05) is 5.56 Å². The smallest absolute Gasteiger partial charge is 0.309 e. The summed E-state index contributed by atoms with van der Waals surface area (Å²) in [5.41, 5.74) is 1.28. The lowest BCUT2D eigenvalue weighted by atomic mass is 9.72. The number of imide groups is 1. The van der Waals surface area contributed by atoms with Crippen molar-refractivity contribution in [1.82, 2.24) is 4.90 Å². The van der Waals surface area contributed by atoms with E-state index in [4.69, 9.17) is 0 Å². The SMILES string of the molecule is CCC1=C[C@@H](CC)[C@H]2C(=O)N(C(=O)c3ccccc3)[C@@H]1C2C(=O)O. The standard InChI is InChI=1S/C19H21NO4/c1-3-11-10-12(4-2)16-15(19(23)24)14(11)18(22)20(16)17(21)13-8-6-5-7-9-13/h5-11,14-16H,3-4H2,1-2H3,(H,23,24)/t11-,14-,15?,16+/m1/s1. The van der Waals surface area contributed by atoms with Gasteiger partial charge in [0.15, 0.2) is 0 Å². The van der Waals surface area contributed by atoms with Crippen molar-refractivity contribution in [3.05, 3.63) is 47.5 Å². The van der Waals surface area contributed by atoms with Crippen molar-refractivity contribution in [3.8, 4) is 0 Å². The van der Waals surface area contributed by atoms with Crippen LogP contribution in [0.25, 0.3) is 0 Å². The van der Waals surface area contributed by atoms with Crippen LogP contribution in [0.5, 0.6) is 0 Å². The van der Waals surface area contributed by atoms with Gasteiger partial charge < -0.3 is 5.11 Å². The Morgan fingerprint density at radius 1 is 1.17 bits per heavy atom. The minimum Gasteiger partial charge on any atom is -0.481 e. The molecule has 1 fully saturated rings. The molecule has 1 heterocycles. The van der Waals surface area contributed by atoms with Crippen molar-refractivity contribution in [3.63, 3.8) is 0 Å². The first-order chi connectivity index (χ1) is 11.5. The third kappa shape index (κ3) is 2.35. The number of nitrogens with zero attached hydrogens (tertiary/aromatic N) is 1. The minimum atomic E-state index is -1.00. The van der Waals surface area contributed by atoms with Crippen molar-refractivity contribution in [2.45, 2.75) is 32.7 Å². The average molecular weight is 327 g/mol. The van der Waals surface area contributed by atoms with Crippen LogP contribution in [-0.4, -0.2) is 33.8 Å². The van der Waals surface area contributed by atoms with Crippen LogP contribution in [0, 0.1) is 17.8 Å². The van der Waals surface area contributed by atoms with Gasteiger partial charge in [-0.05, 0) is 30.9 Å². The molecule has 0 radical (unpaired) electrons. The van der Waals surface area contributed by atoms with E-state index in [1.807, 2.05) is 19.9 Å². The number of hydrogen-bond acceptors (Lipinski definition) is 3. The molecule has 3 rings (SSSR count). The number of carboxylic acids is 1. The van der Waals surface area contributed by atoms with Gasteiger partial charge in [0.1, 0.15) is 0 Å². The zero-order chi connectivity index (χ0) is 17.4. The average Bonchev–Trinajstić information content (AvgIpc) is 2.84. The van der Waals surface area contributed by atoms with Gasteiger partial charge in [-0.2, -0.15) is 0 Å². The number of amides is 2. The molecule has 2 aliphatic rings. The molecule has 1 aromatic carbocycles. The van der Waals surface area contributed by atoms with E-state index in [0.29, 0.717) is 18.4 Å². The lowest BCUT2D eigenvalue weighted by Crippen LogP contribution is -2.43. The molecule has 1 N–H and O–H groups in total. The Balaban J connectivity index is 2.09. The normalized spacial score (nSPS) is 28.7. The maximum absolute atomic E-state index is 13.0. The Bertz CT molecular complexity index is 709. The third-order valence-electron chi connectivity index (χ3n) is 5.20. The van der Waals surface area contributed by atoms with Crippen molar-refractivity contribution in [2.75, 3.05) is 0 Å². The molecular weight excluding hydrogens is 306 g/mol. The Morgan fingerprint density at radius 2 is 1.83 bits per heavy atom. The zero-order valence-electron chi connectivity index (χ0n) is 13.8. The number of hydrogen-bond donors (Lipinski definition) is 1. The molecule has 0 aromatic heterocycles. The number of carbonyl (C=O) groups is 3. The maximum Gasteiger partial charge on any atom is 0.309 e. The van der Waals surface area contributed by atoms with Crippen LogP contribution in [-0.2, 0) is 9.59 Å². The van der Waals surface area contributed by atoms with E-state index in [1.165, 1.54) is 4.90 Å². The predicted octanol–water partition coefficient (Wildman–Crippen LogP) is 2.73. The molecule has 0 spiro atoms. The van der Waals surface area contributed by atoms with E-state index < -0.39 is 29.8 Å². The summed E-state index contributed by atoms with van der Waals surface area (Å²) < 4.78 is 0. The van der Waals surface area contributed by atoms with E-state index in [2.05, 4.69) is 0 Å². The Labute approximate surface area is 141 Å². The van der Waals surface area contributed by atoms with Gasteiger partial charge in [-0.1, -0.05) is 43.7 Å². The molecule has 1 aliphatic heterocycles. The van der Waals surface area contributed by atoms with E-state index in [0.717, 1.165) is 5.57 Å². The summed E-state index contributed by atoms with van der Waals surface area (Å²) in [6, 6.07) is 7.91. The summed E-state index contributed by atoms with van der Waals surface area (Å²) >= 11 is 0. The molecule has 1 aromatic rings. The Kier molecular flexibility index (Phi) is 4.26. The number of rotatable bonds is 4. The number of aliphatic carboxylic acids is 1. The summed E-state index contributed by atoms with van der Waals surface area (Å²) in [5, 5.41) is 9.72. The van der Waals surface area contributed by atoms with Gasteiger partial charge in [-0.15, -0.1) is 0 Å². The lowest BCUT2D eigenvalue weighted by molar-refractivity contribution is -0.145. The number of allylic oxidation sites excluding steroid dienone is 1. The second-order valence-corrected chi connectivity index (χ2v) is 6.38. The van der Waals surface area contributed by atoms with Crippen LogP contribution in [0.4, 0.5) is 0 Å². The predicted molar refractivity (Wildman–Crippen MR) is 88.2 cm³/mol. The second-order valence-electron chi connectivity index (χ2n) is 6.38. The number of likely N-dealkylation sites (tertiary alicyclic amines) is 1. The lowest BCUT2D eigenvalue weighted by Gasteiger charge is -2.32. The number of fused-ring (bicyclic) bond motifs is 2. The molecule has 4 atom stereocenters. The monoisotopic (exact) mass is 327 g/mol. The fourth-order valence-electron chi connectivity index (χ4n) is 4.07. The van der Waals surface area contributed by atoms with Gasteiger partial charge in [0.05, 0.1) is 17.9 Å². The molecule has 126 valence electrons. The van der Waals surface area contributed by atoms with E-state index >= 15 is 0 Å². The summed E-state index contributed by atoms with van der Waals surface area (Å²) in [4.78, 5) is 38.9. The molecule has 2 bridgehead atoms. The fourth-order valence-corrected chi connectivity index (χ4v) is 4.07. The van der Waals surface area contributed by atoms with E-state index in [9.17, 15) is 19.5 Å². The van der Waals surface area contributed by atoms with Gasteiger partial charge in [0.25, 0.3) is 5.91 Å². The van der Waals surface area contributed by atoms with E-state index in [-0.39, 0.29) is 11.8 Å². The largest absolute Gasteiger partial charge is 0.481 e. The molecular formula is C19H21NO4. The quantitative estimate of drug-likeness (QED) is 0.681. The highest BCUT2D eigenvalue weighted by Crippen LogP contribution is 2.46. The van der Waals surface area contributed by atoms with Crippen LogP contribution in [0.3, 0.4) is 0 Å². The van der Waals surface area contributed by atoms with Crippen LogP contribution in [0.15, 0.2) is 42.0 Å². The van der Waals surface area contributed by atoms with Crippen molar-refractivity contribution in [1.29, 1.82) is 0 Å². The molecule has 2 amide bonds. The van der Waals surface area contributed by atoms with Gasteiger partial charge in [-0.25, -0.2) is 0 Å². The molecule has 1 unspecified atom stereocenters. The van der Waals surface area contributed by atoms with E-state index in [1.54, 1.807) is 30.3 Å². The highest BCUT2D eigenvalue weighted by molar-refractivity contribution is 6.09. The summed E-state index contributed by atoms with van der Waals surface area (Å²) in [5.74, 6) is -3.39. The summed E-state index contributed by atoms with van der Waals surface area (Å²) in [6.45, 7) is 3.88. The van der Waals surface area contributed by atoms with Gasteiger partial charge in [-0.3, -0.25) is 19.3 Å².